The first-order valence-corrected chi connectivity index (χ1v) is 11.9. The number of halogens is 5. The molecule has 0 bridgehead atoms. The lowest BCUT2D eigenvalue weighted by molar-refractivity contribution is -0.137. The van der Waals surface area contributed by atoms with Crippen molar-refractivity contribution in [3.8, 4) is 5.69 Å². The topological polar surface area (TPSA) is 85.5 Å². The van der Waals surface area contributed by atoms with E-state index in [1.165, 1.54) is 23.0 Å². The SMILES string of the molecule is CC1N=C(c2ncccc2F)c2c(ccc(C(F)(F)F)c2Cl)-n2nc(C(=O)N3CC4(CCOC4)C3)nc21. The number of rotatable bonds is 2. The maximum atomic E-state index is 14.8. The number of carbonyl (C=O) groups is 1. The van der Waals surface area contributed by atoms with E-state index in [0.717, 1.165) is 18.6 Å². The standard InChI is InChI=1S/C24H19ClF4N6O2/c1-12-21-32-20(22(36)34-9-23(10-34)6-8-37-11-23)33-35(21)15-5-4-13(24(27,28)29)17(25)16(15)19(31-12)18-14(26)3-2-7-30-18/h2-5,7,12H,6,8-11H2,1H3. The molecule has 13 heteroatoms. The van der Waals surface area contributed by atoms with Crippen LogP contribution < -0.4 is 0 Å². The van der Waals surface area contributed by atoms with Crippen molar-refractivity contribution >= 4 is 23.2 Å². The van der Waals surface area contributed by atoms with Crippen LogP contribution in [0.2, 0.25) is 5.02 Å². The van der Waals surface area contributed by atoms with Gasteiger partial charge in [0.15, 0.2) is 11.6 Å². The lowest BCUT2D eigenvalue weighted by Gasteiger charge is -2.46. The van der Waals surface area contributed by atoms with Crippen molar-refractivity contribution in [3.63, 3.8) is 0 Å². The van der Waals surface area contributed by atoms with E-state index in [1.54, 1.807) is 11.8 Å². The smallest absolute Gasteiger partial charge is 0.381 e. The lowest BCUT2D eigenvalue weighted by atomic mass is 9.79. The fraction of sp³-hybridized carbons (Fsp3) is 0.375. The number of benzene rings is 1. The molecule has 1 aromatic carbocycles. The van der Waals surface area contributed by atoms with Crippen LogP contribution in [-0.4, -0.2) is 62.6 Å². The number of alkyl halides is 3. The van der Waals surface area contributed by atoms with E-state index >= 15 is 0 Å². The zero-order valence-corrected chi connectivity index (χ0v) is 20.1. The Morgan fingerprint density at radius 3 is 2.70 bits per heavy atom. The van der Waals surface area contributed by atoms with E-state index in [9.17, 15) is 22.4 Å². The molecular weight excluding hydrogens is 516 g/mol. The van der Waals surface area contributed by atoms with Gasteiger partial charge in [-0.2, -0.15) is 13.2 Å². The fourth-order valence-corrected chi connectivity index (χ4v) is 5.41. The van der Waals surface area contributed by atoms with Crippen LogP contribution >= 0.6 is 11.6 Å². The zero-order chi connectivity index (χ0) is 26.1. The highest BCUT2D eigenvalue weighted by atomic mass is 35.5. The van der Waals surface area contributed by atoms with Gasteiger partial charge in [-0.3, -0.25) is 14.8 Å². The molecule has 0 N–H and O–H groups in total. The Labute approximate surface area is 212 Å². The monoisotopic (exact) mass is 534 g/mol. The Bertz CT molecular complexity index is 1460. The Hall–Kier alpha value is -3.38. The molecule has 6 rings (SSSR count). The number of ether oxygens (including phenoxy) is 1. The second kappa shape index (κ2) is 8.32. The number of carbonyl (C=O) groups excluding carboxylic acids is 1. The second-order valence-electron chi connectivity index (χ2n) is 9.48. The molecule has 2 saturated heterocycles. The van der Waals surface area contributed by atoms with Crippen molar-refractivity contribution < 1.29 is 27.1 Å². The van der Waals surface area contributed by atoms with E-state index < -0.39 is 34.5 Å². The van der Waals surface area contributed by atoms with Gasteiger partial charge < -0.3 is 9.64 Å². The van der Waals surface area contributed by atoms with Crippen LogP contribution in [0.4, 0.5) is 17.6 Å². The van der Waals surface area contributed by atoms with Gasteiger partial charge in [-0.25, -0.2) is 14.1 Å². The molecule has 1 spiro atoms. The average Bonchev–Trinajstić information content (AvgIpc) is 3.47. The largest absolute Gasteiger partial charge is 0.417 e. The molecule has 2 fully saturated rings. The third-order valence-electron chi connectivity index (χ3n) is 6.92. The normalized spacial score (nSPS) is 20.2. The van der Waals surface area contributed by atoms with Gasteiger partial charge in [0.2, 0.25) is 5.82 Å². The maximum Gasteiger partial charge on any atom is 0.417 e. The predicted octanol–water partition coefficient (Wildman–Crippen LogP) is 4.25. The Morgan fingerprint density at radius 1 is 1.24 bits per heavy atom. The van der Waals surface area contributed by atoms with Crippen LogP contribution in [0.15, 0.2) is 35.5 Å². The van der Waals surface area contributed by atoms with Crippen LogP contribution in [0.1, 0.15) is 52.7 Å². The van der Waals surface area contributed by atoms with Crippen LogP contribution in [0.3, 0.4) is 0 Å². The highest BCUT2D eigenvalue weighted by molar-refractivity contribution is 6.37. The number of amides is 1. The number of nitrogens with zero attached hydrogens (tertiary/aromatic N) is 6. The number of hydrogen-bond donors (Lipinski definition) is 0. The van der Waals surface area contributed by atoms with Gasteiger partial charge in [-0.05, 0) is 37.6 Å². The molecule has 3 aromatic rings. The lowest BCUT2D eigenvalue weighted by Crippen LogP contribution is -2.59. The summed E-state index contributed by atoms with van der Waals surface area (Å²) >= 11 is 6.32. The fourth-order valence-electron chi connectivity index (χ4n) is 5.05. The predicted molar refractivity (Wildman–Crippen MR) is 123 cm³/mol. The van der Waals surface area contributed by atoms with Gasteiger partial charge in [-0.1, -0.05) is 11.6 Å². The molecule has 2 aromatic heterocycles. The number of pyridine rings is 1. The average molecular weight is 535 g/mol. The summed E-state index contributed by atoms with van der Waals surface area (Å²) < 4.78 is 62.8. The second-order valence-corrected chi connectivity index (χ2v) is 9.85. The number of aromatic nitrogens is 4. The summed E-state index contributed by atoms with van der Waals surface area (Å²) in [5.41, 5.74) is -1.70. The van der Waals surface area contributed by atoms with Crippen LogP contribution in [0.5, 0.6) is 0 Å². The van der Waals surface area contributed by atoms with Gasteiger partial charge in [0.05, 0.1) is 28.6 Å². The molecule has 0 saturated carbocycles. The molecule has 3 aliphatic heterocycles. The van der Waals surface area contributed by atoms with Crippen LogP contribution in [0.25, 0.3) is 5.69 Å². The maximum absolute atomic E-state index is 14.8. The first-order chi connectivity index (χ1) is 17.6. The minimum atomic E-state index is -4.78. The third-order valence-corrected chi connectivity index (χ3v) is 7.31. The van der Waals surface area contributed by atoms with E-state index in [1.807, 2.05) is 0 Å². The Kier molecular flexibility index (Phi) is 5.39. The Balaban J connectivity index is 1.48. The molecule has 3 aliphatic rings. The number of hydrogen-bond acceptors (Lipinski definition) is 6. The summed E-state index contributed by atoms with van der Waals surface area (Å²) in [5.74, 6) is -1.09. The van der Waals surface area contributed by atoms with Gasteiger partial charge in [0.1, 0.15) is 11.7 Å². The molecule has 1 amide bonds. The van der Waals surface area contributed by atoms with Crippen molar-refractivity contribution in [2.24, 2.45) is 10.4 Å². The molecule has 37 heavy (non-hydrogen) atoms. The van der Waals surface area contributed by atoms with Gasteiger partial charge in [-0.15, -0.1) is 5.10 Å². The molecule has 5 heterocycles. The Morgan fingerprint density at radius 2 is 2.03 bits per heavy atom. The summed E-state index contributed by atoms with van der Waals surface area (Å²) in [6.07, 6.45) is -2.60. The minimum absolute atomic E-state index is 0.0418. The summed E-state index contributed by atoms with van der Waals surface area (Å²) in [4.78, 5) is 27.7. The van der Waals surface area contributed by atoms with Crippen molar-refractivity contribution in [1.29, 1.82) is 0 Å². The van der Waals surface area contributed by atoms with Crippen molar-refractivity contribution in [1.82, 2.24) is 24.6 Å². The first kappa shape index (κ1) is 24.0. The summed E-state index contributed by atoms with van der Waals surface area (Å²) in [6.45, 7) is 3.91. The van der Waals surface area contributed by atoms with Crippen molar-refractivity contribution in [2.45, 2.75) is 25.6 Å². The van der Waals surface area contributed by atoms with E-state index in [-0.39, 0.29) is 39.7 Å². The van der Waals surface area contributed by atoms with Crippen molar-refractivity contribution in [2.75, 3.05) is 26.3 Å². The summed E-state index contributed by atoms with van der Waals surface area (Å²) in [5, 5.41) is 3.68. The van der Waals surface area contributed by atoms with Gasteiger partial charge in [0, 0.05) is 36.9 Å². The van der Waals surface area contributed by atoms with E-state index in [0.29, 0.717) is 26.3 Å². The van der Waals surface area contributed by atoms with Gasteiger partial charge >= 0.3 is 6.18 Å². The van der Waals surface area contributed by atoms with Crippen LogP contribution in [-0.2, 0) is 10.9 Å². The minimum Gasteiger partial charge on any atom is -0.381 e. The molecule has 192 valence electrons. The quantitative estimate of drug-likeness (QED) is 0.459. The van der Waals surface area contributed by atoms with Gasteiger partial charge in [0.25, 0.3) is 5.91 Å². The first-order valence-electron chi connectivity index (χ1n) is 11.5. The molecule has 1 atom stereocenters. The van der Waals surface area contributed by atoms with E-state index in [2.05, 4.69) is 20.1 Å². The highest BCUT2D eigenvalue weighted by Crippen LogP contribution is 2.42. The summed E-state index contributed by atoms with van der Waals surface area (Å²) in [7, 11) is 0. The summed E-state index contributed by atoms with van der Waals surface area (Å²) in [6, 6.07) is 3.66. The molecular formula is C24H19ClF4N6O2. The van der Waals surface area contributed by atoms with E-state index in [4.69, 9.17) is 16.3 Å². The number of aliphatic imine (C=N–C) groups is 1. The highest BCUT2D eigenvalue weighted by Gasteiger charge is 2.48. The van der Waals surface area contributed by atoms with Crippen molar-refractivity contribution in [3.05, 3.63) is 69.8 Å². The number of fused-ring (bicyclic) bond motifs is 3. The zero-order valence-electron chi connectivity index (χ0n) is 19.4. The molecule has 1 unspecified atom stereocenters. The number of likely N-dealkylation sites (tertiary alicyclic amines) is 1. The molecule has 8 nitrogen and oxygen atoms in total. The molecule has 0 aliphatic carbocycles. The molecule has 0 radical (unpaired) electrons. The third kappa shape index (κ3) is 3.81. The van der Waals surface area contributed by atoms with Crippen LogP contribution in [0, 0.1) is 11.2 Å².